The fraction of sp³-hybridized carbons (Fsp3) is 0.531. The van der Waals surface area contributed by atoms with Crippen molar-refractivity contribution in [2.75, 3.05) is 33.2 Å². The molecule has 40 heavy (non-hydrogen) atoms. The summed E-state index contributed by atoms with van der Waals surface area (Å²) < 4.78 is 16.4. The van der Waals surface area contributed by atoms with Crippen LogP contribution in [0.4, 0.5) is 4.39 Å². The second-order valence-electron chi connectivity index (χ2n) is 12.6. The van der Waals surface area contributed by atoms with Crippen molar-refractivity contribution in [3.63, 3.8) is 0 Å². The van der Waals surface area contributed by atoms with Crippen molar-refractivity contribution in [1.29, 1.82) is 0 Å². The lowest BCUT2D eigenvalue weighted by Crippen LogP contribution is -2.64. The van der Waals surface area contributed by atoms with Gasteiger partial charge in [0.2, 0.25) is 5.91 Å². The Morgan fingerprint density at radius 1 is 1.15 bits per heavy atom. The van der Waals surface area contributed by atoms with Crippen LogP contribution < -0.4 is 0 Å². The summed E-state index contributed by atoms with van der Waals surface area (Å²) in [5.74, 6) is 1.33. The molecular formula is C32H40FN5O2. The molecule has 7 rings (SSSR count). The smallest absolute Gasteiger partial charge is 0.256 e. The Labute approximate surface area is 235 Å². The monoisotopic (exact) mass is 545 g/mol. The maximum Gasteiger partial charge on any atom is 0.256 e. The molecule has 1 aliphatic carbocycles. The van der Waals surface area contributed by atoms with Crippen molar-refractivity contribution >= 4 is 22.7 Å². The summed E-state index contributed by atoms with van der Waals surface area (Å²) >= 11 is 0. The molecule has 1 saturated carbocycles. The summed E-state index contributed by atoms with van der Waals surface area (Å²) in [4.78, 5) is 36.1. The highest BCUT2D eigenvalue weighted by molar-refractivity contribution is 5.99. The van der Waals surface area contributed by atoms with Gasteiger partial charge in [-0.1, -0.05) is 0 Å². The van der Waals surface area contributed by atoms with Crippen LogP contribution >= 0.6 is 0 Å². The molecule has 2 aromatic heterocycles. The number of hydrogen-bond acceptors (Lipinski definition) is 4. The van der Waals surface area contributed by atoms with Gasteiger partial charge in [-0.25, -0.2) is 4.39 Å². The topological polar surface area (TPSA) is 61.7 Å². The number of carbonyl (C=O) groups excluding carboxylic acids is 2. The van der Waals surface area contributed by atoms with Crippen LogP contribution in [0, 0.1) is 30.5 Å². The Morgan fingerprint density at radius 3 is 2.60 bits per heavy atom. The van der Waals surface area contributed by atoms with Crippen LogP contribution in [0.3, 0.4) is 0 Å². The van der Waals surface area contributed by atoms with Crippen LogP contribution in [0.2, 0.25) is 0 Å². The number of likely N-dealkylation sites (tertiary alicyclic amines) is 1. The van der Waals surface area contributed by atoms with Gasteiger partial charge in [0.05, 0.1) is 23.0 Å². The lowest BCUT2D eigenvalue weighted by atomic mass is 9.65. The minimum Gasteiger partial charge on any atom is -0.342 e. The van der Waals surface area contributed by atoms with Gasteiger partial charge in [-0.05, 0) is 93.7 Å². The SMILES string of the molecule is CC(=O)N1CC2CC(C1)C2N1CC[C@H](Cc2cn(-c3ccc(F)cc3C(=O)N(C)C(C)C)c3cncc(C)c23)C1. The molecule has 5 heterocycles. The van der Waals surface area contributed by atoms with E-state index in [1.165, 1.54) is 29.5 Å². The first-order valence-electron chi connectivity index (χ1n) is 14.6. The van der Waals surface area contributed by atoms with E-state index in [0.29, 0.717) is 35.0 Å². The van der Waals surface area contributed by atoms with Gasteiger partial charge >= 0.3 is 0 Å². The fourth-order valence-corrected chi connectivity index (χ4v) is 7.44. The number of pyridine rings is 1. The zero-order valence-electron chi connectivity index (χ0n) is 24.2. The minimum absolute atomic E-state index is 0.00413. The number of piperidine rings is 2. The van der Waals surface area contributed by atoms with Crippen molar-refractivity contribution in [1.82, 2.24) is 24.3 Å². The number of fused-ring (bicyclic) bond motifs is 3. The number of amides is 2. The number of rotatable bonds is 6. The van der Waals surface area contributed by atoms with Gasteiger partial charge in [0, 0.05) is 63.5 Å². The van der Waals surface area contributed by atoms with E-state index in [-0.39, 0.29) is 17.9 Å². The van der Waals surface area contributed by atoms with Gasteiger partial charge in [-0.3, -0.25) is 19.5 Å². The molecular weight excluding hydrogens is 505 g/mol. The molecule has 1 aromatic carbocycles. The van der Waals surface area contributed by atoms with Crippen LogP contribution in [0.25, 0.3) is 16.6 Å². The molecule has 0 radical (unpaired) electrons. The zero-order chi connectivity index (χ0) is 28.3. The molecule has 212 valence electrons. The highest BCUT2D eigenvalue weighted by atomic mass is 19.1. The quantitative estimate of drug-likeness (QED) is 0.451. The maximum atomic E-state index is 14.4. The zero-order valence-corrected chi connectivity index (χ0v) is 24.2. The van der Waals surface area contributed by atoms with Crippen LogP contribution in [0.1, 0.15) is 55.1 Å². The van der Waals surface area contributed by atoms with Crippen LogP contribution in [-0.4, -0.2) is 81.4 Å². The molecule has 0 spiro atoms. The largest absolute Gasteiger partial charge is 0.342 e. The number of halogens is 1. The molecule has 2 amide bonds. The summed E-state index contributed by atoms with van der Waals surface area (Å²) in [5.41, 5.74) is 4.32. The normalized spacial score (nSPS) is 24.5. The lowest BCUT2D eigenvalue weighted by Gasteiger charge is -2.56. The van der Waals surface area contributed by atoms with Gasteiger partial charge in [0.1, 0.15) is 5.82 Å². The third kappa shape index (κ3) is 4.60. The first-order chi connectivity index (χ1) is 19.1. The molecule has 7 nitrogen and oxygen atoms in total. The third-order valence-electron chi connectivity index (χ3n) is 9.70. The number of hydrogen-bond donors (Lipinski definition) is 0. The lowest BCUT2D eigenvalue weighted by molar-refractivity contribution is -0.141. The average molecular weight is 546 g/mol. The van der Waals surface area contributed by atoms with Crippen molar-refractivity contribution in [3.8, 4) is 5.69 Å². The summed E-state index contributed by atoms with van der Waals surface area (Å²) in [6, 6.07) is 5.09. The standard InChI is InChI=1S/C32H40FN5O2/c1-19(2)35(5)32(40)27-12-26(33)6-7-28(27)38-18-23(30-20(3)13-34-14-29(30)38)10-22-8-9-36(15-22)31-24-11-25(31)17-37(16-24)21(4)39/h6-7,12-14,18-19,22,24-25,31H,8-11,15-17H2,1-5H3/t22-,24?,25?,31?/m1/s1. The summed E-state index contributed by atoms with van der Waals surface area (Å²) in [7, 11) is 1.76. The number of nitrogens with zero attached hydrogens (tertiary/aromatic N) is 5. The Morgan fingerprint density at radius 2 is 1.90 bits per heavy atom. The van der Waals surface area contributed by atoms with Gasteiger partial charge < -0.3 is 14.4 Å². The summed E-state index contributed by atoms with van der Waals surface area (Å²) in [5, 5.41) is 1.17. The van der Waals surface area contributed by atoms with E-state index in [1.54, 1.807) is 24.9 Å². The van der Waals surface area contributed by atoms with Crippen LogP contribution in [-0.2, 0) is 11.2 Å². The molecule has 4 aliphatic rings. The third-order valence-corrected chi connectivity index (χ3v) is 9.70. The number of aryl methyl sites for hydroxylation is 1. The Kier molecular flexibility index (Phi) is 6.93. The predicted molar refractivity (Wildman–Crippen MR) is 154 cm³/mol. The molecule has 2 unspecified atom stereocenters. The van der Waals surface area contributed by atoms with Gasteiger partial charge in [0.25, 0.3) is 5.91 Å². The molecule has 8 heteroatoms. The fourth-order valence-electron chi connectivity index (χ4n) is 7.44. The first-order valence-corrected chi connectivity index (χ1v) is 14.6. The molecule has 3 atom stereocenters. The highest BCUT2D eigenvalue weighted by Gasteiger charge is 2.50. The molecule has 3 aliphatic heterocycles. The Bertz CT molecular complexity index is 1450. The number of benzene rings is 1. The molecule has 3 aromatic rings. The van der Waals surface area contributed by atoms with Crippen molar-refractivity contribution in [2.24, 2.45) is 17.8 Å². The van der Waals surface area contributed by atoms with Gasteiger partial charge in [0.15, 0.2) is 0 Å². The van der Waals surface area contributed by atoms with Crippen LogP contribution in [0.5, 0.6) is 0 Å². The highest BCUT2D eigenvalue weighted by Crippen LogP contribution is 2.45. The first kappa shape index (κ1) is 26.9. The van der Waals surface area contributed by atoms with E-state index in [4.69, 9.17) is 0 Å². The molecule has 2 bridgehead atoms. The average Bonchev–Trinajstić information content (AvgIpc) is 3.53. The van der Waals surface area contributed by atoms with E-state index < -0.39 is 5.82 Å². The second-order valence-corrected chi connectivity index (χ2v) is 12.6. The van der Waals surface area contributed by atoms with E-state index in [9.17, 15) is 14.0 Å². The van der Waals surface area contributed by atoms with E-state index >= 15 is 0 Å². The Hall–Kier alpha value is -3.26. The maximum absolute atomic E-state index is 14.4. The summed E-state index contributed by atoms with van der Waals surface area (Å²) in [6.45, 7) is 11.7. The van der Waals surface area contributed by atoms with Gasteiger partial charge in [-0.15, -0.1) is 0 Å². The van der Waals surface area contributed by atoms with E-state index in [0.717, 1.165) is 50.1 Å². The predicted octanol–water partition coefficient (Wildman–Crippen LogP) is 4.68. The van der Waals surface area contributed by atoms with Crippen molar-refractivity contribution < 1.29 is 14.0 Å². The van der Waals surface area contributed by atoms with Crippen molar-refractivity contribution in [3.05, 3.63) is 59.3 Å². The van der Waals surface area contributed by atoms with Crippen molar-refractivity contribution in [2.45, 2.75) is 59.0 Å². The molecule has 4 fully saturated rings. The molecule has 3 saturated heterocycles. The van der Waals surface area contributed by atoms with E-state index in [1.807, 2.05) is 35.7 Å². The van der Waals surface area contributed by atoms with E-state index in [2.05, 4.69) is 23.0 Å². The summed E-state index contributed by atoms with van der Waals surface area (Å²) in [6.07, 6.45) is 9.25. The minimum atomic E-state index is -0.423. The van der Waals surface area contributed by atoms with Crippen LogP contribution in [0.15, 0.2) is 36.8 Å². The number of aromatic nitrogens is 2. The Balaban J connectivity index is 1.28. The van der Waals surface area contributed by atoms with Gasteiger partial charge in [-0.2, -0.15) is 0 Å². The second kappa shape index (κ2) is 10.3. The number of carbonyl (C=O) groups is 2. The molecule has 0 N–H and O–H groups in total.